The lowest BCUT2D eigenvalue weighted by molar-refractivity contribution is 0.689. The molecule has 0 amide bonds. The van der Waals surface area contributed by atoms with E-state index in [0.717, 1.165) is 6.54 Å². The zero-order valence-corrected chi connectivity index (χ0v) is 9.47. The van der Waals surface area contributed by atoms with Crippen LogP contribution in [0.3, 0.4) is 0 Å². The molecule has 0 aliphatic heterocycles. The summed E-state index contributed by atoms with van der Waals surface area (Å²) in [5.41, 5.74) is 1.31. The van der Waals surface area contributed by atoms with Crippen molar-refractivity contribution in [2.24, 2.45) is 5.92 Å². The van der Waals surface area contributed by atoms with Crippen LogP contribution in [0.4, 0.5) is 5.69 Å². The topological polar surface area (TPSA) is 12.0 Å². The van der Waals surface area contributed by atoms with Crippen molar-refractivity contribution >= 4 is 37.8 Å². The second-order valence-corrected chi connectivity index (χ2v) is 5.37. The molecule has 0 spiro atoms. The molecule has 0 aliphatic carbocycles. The van der Waals surface area contributed by atoms with Gasteiger partial charge >= 0.3 is 0 Å². The van der Waals surface area contributed by atoms with E-state index >= 15 is 0 Å². The summed E-state index contributed by atoms with van der Waals surface area (Å²) in [5, 5.41) is 7.84. The predicted molar refractivity (Wildman–Crippen MR) is 63.0 cm³/mol. The average Bonchev–Trinajstić information content (AvgIpc) is 2.60. The Morgan fingerprint density at radius 3 is 3.00 bits per heavy atom. The monoisotopic (exact) mass is 211 g/mol. The van der Waals surface area contributed by atoms with E-state index in [1.54, 1.807) is 0 Å². The molecule has 0 saturated heterocycles. The number of rotatable bonds is 3. The lowest BCUT2D eigenvalue weighted by atomic mass is 10.2. The minimum absolute atomic E-state index is 0.704. The molecule has 0 aromatic carbocycles. The normalized spacial score (nSPS) is 11.3. The highest BCUT2D eigenvalue weighted by molar-refractivity contribution is 7.27. The number of hydrogen-bond donors (Lipinski definition) is 1. The van der Waals surface area contributed by atoms with Crippen molar-refractivity contribution in [3.05, 3.63) is 16.8 Å². The molecule has 2 aromatic rings. The Kier molecular flexibility index (Phi) is 2.56. The van der Waals surface area contributed by atoms with Crippen LogP contribution in [0.1, 0.15) is 13.8 Å². The zero-order chi connectivity index (χ0) is 9.26. The van der Waals surface area contributed by atoms with Gasteiger partial charge in [0, 0.05) is 16.6 Å². The van der Waals surface area contributed by atoms with E-state index < -0.39 is 0 Å². The van der Waals surface area contributed by atoms with E-state index in [0.29, 0.717) is 5.92 Å². The van der Waals surface area contributed by atoms with Gasteiger partial charge in [0.05, 0.1) is 10.4 Å². The number of thiophene rings is 2. The second-order valence-electron chi connectivity index (χ2n) is 3.54. The van der Waals surface area contributed by atoms with Crippen LogP contribution in [0.15, 0.2) is 16.8 Å². The molecule has 2 rings (SSSR count). The highest BCUT2D eigenvalue weighted by atomic mass is 32.1. The Bertz CT molecular complexity index is 386. The van der Waals surface area contributed by atoms with Crippen LogP contribution < -0.4 is 5.32 Å². The maximum atomic E-state index is 3.47. The molecule has 0 atom stereocenters. The highest BCUT2D eigenvalue weighted by Gasteiger charge is 2.04. The van der Waals surface area contributed by atoms with Gasteiger partial charge in [0.2, 0.25) is 0 Å². The van der Waals surface area contributed by atoms with Crippen molar-refractivity contribution in [3.8, 4) is 0 Å². The number of hydrogen-bond acceptors (Lipinski definition) is 3. The van der Waals surface area contributed by atoms with Crippen molar-refractivity contribution in [2.75, 3.05) is 11.9 Å². The molecule has 0 fully saturated rings. The number of nitrogens with one attached hydrogen (secondary N) is 1. The second kappa shape index (κ2) is 3.68. The molecule has 2 aromatic heterocycles. The quantitative estimate of drug-likeness (QED) is 0.808. The lowest BCUT2D eigenvalue weighted by Crippen LogP contribution is -2.06. The largest absolute Gasteiger partial charge is 0.383 e. The summed E-state index contributed by atoms with van der Waals surface area (Å²) in [6.45, 7) is 5.51. The molecule has 13 heavy (non-hydrogen) atoms. The van der Waals surface area contributed by atoms with Crippen molar-refractivity contribution in [3.63, 3.8) is 0 Å². The van der Waals surface area contributed by atoms with Gasteiger partial charge in [0.1, 0.15) is 0 Å². The molecule has 0 unspecified atom stereocenters. The van der Waals surface area contributed by atoms with Gasteiger partial charge < -0.3 is 5.32 Å². The van der Waals surface area contributed by atoms with E-state index in [9.17, 15) is 0 Å². The fourth-order valence-corrected chi connectivity index (χ4v) is 3.24. The van der Waals surface area contributed by atoms with Gasteiger partial charge in [0.25, 0.3) is 0 Å². The van der Waals surface area contributed by atoms with E-state index in [2.05, 4.69) is 36.0 Å². The minimum Gasteiger partial charge on any atom is -0.383 e. The molecule has 70 valence electrons. The van der Waals surface area contributed by atoms with Gasteiger partial charge in [-0.05, 0) is 17.4 Å². The van der Waals surface area contributed by atoms with Crippen LogP contribution in [0, 0.1) is 5.92 Å². The number of anilines is 1. The SMILES string of the molecule is CC(C)CNc1csc2ccsc12. The standard InChI is InChI=1S/C10H13NS2/c1-7(2)5-11-8-6-13-9-3-4-12-10(8)9/h3-4,6-7,11H,5H2,1-2H3. The van der Waals surface area contributed by atoms with Gasteiger partial charge in [-0.1, -0.05) is 13.8 Å². The third kappa shape index (κ3) is 1.86. The van der Waals surface area contributed by atoms with Crippen LogP contribution in [0.5, 0.6) is 0 Å². The van der Waals surface area contributed by atoms with Gasteiger partial charge in [-0.2, -0.15) is 0 Å². The average molecular weight is 211 g/mol. The molecule has 3 heteroatoms. The van der Waals surface area contributed by atoms with Crippen LogP contribution >= 0.6 is 22.7 Å². The summed E-state index contributed by atoms with van der Waals surface area (Å²) in [7, 11) is 0. The Labute approximate surface area is 86.4 Å². The van der Waals surface area contributed by atoms with E-state index in [1.165, 1.54) is 15.1 Å². The van der Waals surface area contributed by atoms with Crippen molar-refractivity contribution in [2.45, 2.75) is 13.8 Å². The Morgan fingerprint density at radius 2 is 2.23 bits per heavy atom. The maximum absolute atomic E-state index is 3.47. The van der Waals surface area contributed by atoms with Crippen molar-refractivity contribution < 1.29 is 0 Å². The fraction of sp³-hybridized carbons (Fsp3) is 0.400. The Balaban J connectivity index is 2.18. The lowest BCUT2D eigenvalue weighted by Gasteiger charge is -2.06. The molecule has 0 radical (unpaired) electrons. The van der Waals surface area contributed by atoms with Crippen molar-refractivity contribution in [1.82, 2.24) is 0 Å². The first-order valence-corrected chi connectivity index (χ1v) is 6.22. The van der Waals surface area contributed by atoms with E-state index in [-0.39, 0.29) is 0 Å². The van der Waals surface area contributed by atoms with E-state index in [1.807, 2.05) is 22.7 Å². The smallest absolute Gasteiger partial charge is 0.0682 e. The maximum Gasteiger partial charge on any atom is 0.0682 e. The summed E-state index contributed by atoms with van der Waals surface area (Å²) in [6, 6.07) is 2.19. The summed E-state index contributed by atoms with van der Waals surface area (Å²) in [6.07, 6.45) is 0. The first kappa shape index (κ1) is 9.03. The number of fused-ring (bicyclic) bond motifs is 1. The van der Waals surface area contributed by atoms with Crippen molar-refractivity contribution in [1.29, 1.82) is 0 Å². The molecule has 0 saturated carbocycles. The third-order valence-electron chi connectivity index (χ3n) is 1.88. The molecule has 0 bridgehead atoms. The van der Waals surface area contributed by atoms with Gasteiger partial charge in [-0.15, -0.1) is 22.7 Å². The summed E-state index contributed by atoms with van der Waals surface area (Å²) in [5.74, 6) is 0.704. The summed E-state index contributed by atoms with van der Waals surface area (Å²) < 4.78 is 2.81. The molecule has 2 heterocycles. The van der Waals surface area contributed by atoms with Gasteiger partial charge in [-0.25, -0.2) is 0 Å². The van der Waals surface area contributed by atoms with Gasteiger partial charge in [0.15, 0.2) is 0 Å². The summed E-state index contributed by atoms with van der Waals surface area (Å²) in [4.78, 5) is 0. The van der Waals surface area contributed by atoms with Crippen LogP contribution in [0.25, 0.3) is 9.40 Å². The van der Waals surface area contributed by atoms with E-state index in [4.69, 9.17) is 0 Å². The molecular formula is C10H13NS2. The van der Waals surface area contributed by atoms with Gasteiger partial charge in [-0.3, -0.25) is 0 Å². The van der Waals surface area contributed by atoms with Crippen LogP contribution in [-0.2, 0) is 0 Å². The highest BCUT2D eigenvalue weighted by Crippen LogP contribution is 2.34. The molecule has 0 aliphatic rings. The first-order chi connectivity index (χ1) is 6.27. The molecular weight excluding hydrogens is 198 g/mol. The van der Waals surface area contributed by atoms with Crippen LogP contribution in [0.2, 0.25) is 0 Å². The molecule has 1 nitrogen and oxygen atoms in total. The summed E-state index contributed by atoms with van der Waals surface area (Å²) >= 11 is 3.64. The Morgan fingerprint density at radius 1 is 1.38 bits per heavy atom. The predicted octanol–water partition coefficient (Wildman–Crippen LogP) is 4.03. The molecule has 1 N–H and O–H groups in total. The third-order valence-corrected chi connectivity index (χ3v) is 3.90. The van der Waals surface area contributed by atoms with Crippen LogP contribution in [-0.4, -0.2) is 6.54 Å². The zero-order valence-electron chi connectivity index (χ0n) is 7.83. The minimum atomic E-state index is 0.704. The first-order valence-electron chi connectivity index (χ1n) is 4.46. The fourth-order valence-electron chi connectivity index (χ4n) is 1.20. The Hall–Kier alpha value is -0.540.